The molecule has 7 heteroatoms. The lowest BCUT2D eigenvalue weighted by Gasteiger charge is -2.21. The van der Waals surface area contributed by atoms with Crippen molar-refractivity contribution in [3.8, 4) is 0 Å². The van der Waals surface area contributed by atoms with Crippen LogP contribution in [0.15, 0.2) is 29.2 Å². The zero-order chi connectivity index (χ0) is 13.8. The Morgan fingerprint density at radius 1 is 1.33 bits per heavy atom. The van der Waals surface area contributed by atoms with Gasteiger partial charge in [0.15, 0.2) is 0 Å². The predicted octanol–water partition coefficient (Wildman–Crippen LogP) is 1.24. The van der Waals surface area contributed by atoms with Gasteiger partial charge in [0.05, 0.1) is 18.0 Å². The van der Waals surface area contributed by atoms with Crippen molar-refractivity contribution in [3.05, 3.63) is 29.8 Å². The Bertz CT molecular complexity index is 491. The van der Waals surface area contributed by atoms with Crippen LogP contribution < -0.4 is 0 Å². The average molecular weight is 279 g/mol. The zero-order valence-electron chi connectivity index (χ0n) is 9.88. The first-order valence-corrected chi connectivity index (χ1v) is 6.78. The van der Waals surface area contributed by atoms with E-state index >= 15 is 0 Å². The van der Waals surface area contributed by atoms with E-state index in [9.17, 15) is 17.2 Å². The molecule has 1 aromatic carbocycles. The van der Waals surface area contributed by atoms with Gasteiger partial charge in [0.1, 0.15) is 0 Å². The van der Waals surface area contributed by atoms with Crippen LogP contribution in [-0.4, -0.2) is 44.0 Å². The highest BCUT2D eigenvalue weighted by atomic mass is 32.2. The first-order valence-electron chi connectivity index (χ1n) is 5.34. The number of aryl methyl sites for hydroxylation is 1. The van der Waals surface area contributed by atoms with Crippen molar-refractivity contribution in [2.24, 2.45) is 0 Å². The molecule has 0 fully saturated rings. The highest BCUT2D eigenvalue weighted by molar-refractivity contribution is 7.89. The van der Waals surface area contributed by atoms with E-state index in [0.717, 1.165) is 0 Å². The predicted molar refractivity (Wildman–Crippen MR) is 63.0 cm³/mol. The summed E-state index contributed by atoms with van der Waals surface area (Å²) in [6, 6.07) is 6.14. The molecule has 18 heavy (non-hydrogen) atoms. The molecule has 102 valence electrons. The van der Waals surface area contributed by atoms with Crippen LogP contribution >= 0.6 is 0 Å². The van der Waals surface area contributed by atoms with Crippen LogP contribution in [-0.2, 0) is 10.0 Å². The van der Waals surface area contributed by atoms with Crippen LogP contribution in [0, 0.1) is 6.92 Å². The Kier molecular flexibility index (Phi) is 5.18. The minimum Gasteiger partial charge on any atom is -0.395 e. The number of alkyl halides is 2. The van der Waals surface area contributed by atoms with Crippen LogP contribution in [0.2, 0.25) is 0 Å². The molecule has 1 N–H and O–H groups in total. The van der Waals surface area contributed by atoms with Gasteiger partial charge in [0, 0.05) is 6.54 Å². The maximum atomic E-state index is 12.4. The first kappa shape index (κ1) is 15.0. The van der Waals surface area contributed by atoms with E-state index in [0.29, 0.717) is 9.87 Å². The molecule has 4 nitrogen and oxygen atoms in total. The van der Waals surface area contributed by atoms with Gasteiger partial charge in [-0.15, -0.1) is 0 Å². The summed E-state index contributed by atoms with van der Waals surface area (Å²) in [5.41, 5.74) is 0.481. The molecule has 0 saturated heterocycles. The minimum absolute atomic E-state index is 0.0147. The molecule has 0 amide bonds. The fourth-order valence-corrected chi connectivity index (χ4v) is 3.19. The maximum absolute atomic E-state index is 12.4. The molecule has 0 spiro atoms. The molecule has 0 unspecified atom stereocenters. The fraction of sp³-hybridized carbons (Fsp3) is 0.455. The van der Waals surface area contributed by atoms with Gasteiger partial charge in [-0.2, -0.15) is 4.31 Å². The molecule has 1 aromatic rings. The molecule has 0 aliphatic carbocycles. The number of hydrogen-bond donors (Lipinski definition) is 1. The molecule has 0 aliphatic heterocycles. The summed E-state index contributed by atoms with van der Waals surface area (Å²) in [6.07, 6.45) is -2.78. The van der Waals surface area contributed by atoms with Crippen molar-refractivity contribution >= 4 is 10.0 Å². The van der Waals surface area contributed by atoms with Gasteiger partial charge in [0.2, 0.25) is 10.0 Å². The third-order valence-electron chi connectivity index (χ3n) is 2.40. The summed E-state index contributed by atoms with van der Waals surface area (Å²) in [6.45, 7) is -0.178. The van der Waals surface area contributed by atoms with Gasteiger partial charge in [-0.25, -0.2) is 17.2 Å². The van der Waals surface area contributed by atoms with Gasteiger partial charge in [0.25, 0.3) is 6.43 Å². The minimum atomic E-state index is -4.00. The SMILES string of the molecule is Cc1ccccc1S(=O)(=O)N(CCO)CC(F)F. The van der Waals surface area contributed by atoms with E-state index in [4.69, 9.17) is 5.11 Å². The Morgan fingerprint density at radius 3 is 2.44 bits per heavy atom. The second-order valence-corrected chi connectivity index (χ2v) is 5.65. The smallest absolute Gasteiger partial charge is 0.252 e. The number of aliphatic hydroxyl groups excluding tert-OH is 1. The van der Waals surface area contributed by atoms with Crippen molar-refractivity contribution in [1.29, 1.82) is 0 Å². The molecule has 0 heterocycles. The van der Waals surface area contributed by atoms with Crippen molar-refractivity contribution in [1.82, 2.24) is 4.31 Å². The van der Waals surface area contributed by atoms with Crippen molar-refractivity contribution < 1.29 is 22.3 Å². The van der Waals surface area contributed by atoms with E-state index in [-0.39, 0.29) is 11.4 Å². The van der Waals surface area contributed by atoms with Crippen LogP contribution in [0.4, 0.5) is 8.78 Å². The van der Waals surface area contributed by atoms with Gasteiger partial charge >= 0.3 is 0 Å². The van der Waals surface area contributed by atoms with Crippen LogP contribution in [0.5, 0.6) is 0 Å². The molecular weight excluding hydrogens is 264 g/mol. The number of hydrogen-bond acceptors (Lipinski definition) is 3. The Morgan fingerprint density at radius 2 is 1.94 bits per heavy atom. The van der Waals surface area contributed by atoms with Crippen LogP contribution in [0.3, 0.4) is 0 Å². The fourth-order valence-electron chi connectivity index (χ4n) is 1.56. The Labute approximate surface area is 105 Å². The summed E-state index contributed by atoms with van der Waals surface area (Å²) in [5.74, 6) is 0. The number of sulfonamides is 1. The molecule has 0 aromatic heterocycles. The molecule has 0 saturated carbocycles. The van der Waals surface area contributed by atoms with Crippen molar-refractivity contribution in [2.45, 2.75) is 18.2 Å². The summed E-state index contributed by atoms with van der Waals surface area (Å²) in [4.78, 5) is -0.0147. The second kappa shape index (κ2) is 6.21. The summed E-state index contributed by atoms with van der Waals surface area (Å²) >= 11 is 0. The standard InChI is InChI=1S/C11H15F2NO3S/c1-9-4-2-3-5-10(9)18(16,17)14(6-7-15)8-11(12)13/h2-5,11,15H,6-8H2,1H3. The Balaban J connectivity index is 3.13. The van der Waals surface area contributed by atoms with E-state index in [2.05, 4.69) is 0 Å². The largest absolute Gasteiger partial charge is 0.395 e. The summed E-state index contributed by atoms with van der Waals surface area (Å²) in [5, 5.41) is 8.78. The molecule has 1 rings (SSSR count). The third kappa shape index (κ3) is 3.47. The van der Waals surface area contributed by atoms with E-state index < -0.39 is 29.6 Å². The molecule has 0 radical (unpaired) electrons. The lowest BCUT2D eigenvalue weighted by Crippen LogP contribution is -2.37. The molecule has 0 aliphatic rings. The first-order chi connectivity index (χ1) is 8.39. The monoisotopic (exact) mass is 279 g/mol. The lowest BCUT2D eigenvalue weighted by atomic mass is 10.2. The summed E-state index contributed by atoms with van der Waals surface area (Å²) < 4.78 is 49.7. The van der Waals surface area contributed by atoms with Gasteiger partial charge in [-0.1, -0.05) is 18.2 Å². The summed E-state index contributed by atoms with van der Waals surface area (Å²) in [7, 11) is -4.00. The maximum Gasteiger partial charge on any atom is 0.252 e. The normalized spacial score (nSPS) is 12.3. The highest BCUT2D eigenvalue weighted by Crippen LogP contribution is 2.20. The second-order valence-electron chi connectivity index (χ2n) is 3.74. The molecule has 0 bridgehead atoms. The van der Waals surface area contributed by atoms with E-state index in [1.807, 2.05) is 0 Å². The number of nitrogens with zero attached hydrogens (tertiary/aromatic N) is 1. The van der Waals surface area contributed by atoms with Crippen molar-refractivity contribution in [2.75, 3.05) is 19.7 Å². The quantitative estimate of drug-likeness (QED) is 0.852. The Hall–Kier alpha value is -1.05. The number of aliphatic hydroxyl groups is 1. The van der Waals surface area contributed by atoms with Gasteiger partial charge in [-0.3, -0.25) is 0 Å². The van der Waals surface area contributed by atoms with E-state index in [1.54, 1.807) is 19.1 Å². The van der Waals surface area contributed by atoms with Crippen LogP contribution in [0.25, 0.3) is 0 Å². The number of rotatable bonds is 6. The zero-order valence-corrected chi connectivity index (χ0v) is 10.7. The van der Waals surface area contributed by atoms with Crippen molar-refractivity contribution in [3.63, 3.8) is 0 Å². The number of halogens is 2. The average Bonchev–Trinajstić information content (AvgIpc) is 2.28. The number of benzene rings is 1. The molecular formula is C11H15F2NO3S. The van der Waals surface area contributed by atoms with Gasteiger partial charge in [-0.05, 0) is 18.6 Å². The highest BCUT2D eigenvalue weighted by Gasteiger charge is 2.27. The van der Waals surface area contributed by atoms with Crippen LogP contribution in [0.1, 0.15) is 5.56 Å². The van der Waals surface area contributed by atoms with Gasteiger partial charge < -0.3 is 5.11 Å². The topological polar surface area (TPSA) is 57.6 Å². The third-order valence-corrected chi connectivity index (χ3v) is 4.43. The lowest BCUT2D eigenvalue weighted by molar-refractivity contribution is 0.113. The molecule has 0 atom stereocenters. The van der Waals surface area contributed by atoms with E-state index in [1.165, 1.54) is 12.1 Å².